The molecule has 0 aromatic rings. The molecule has 0 aliphatic rings. The predicted octanol–water partition coefficient (Wildman–Crippen LogP) is 18.8. The van der Waals surface area contributed by atoms with Crippen molar-refractivity contribution in [2.24, 2.45) is 0 Å². The molecule has 0 fully saturated rings. The predicted molar refractivity (Wildman–Crippen MR) is 302 cm³/mol. The molecular formula is C64H100O6. The Morgan fingerprint density at radius 3 is 0.957 bits per heavy atom. The number of hydrogen-bond acceptors (Lipinski definition) is 6. The van der Waals surface area contributed by atoms with E-state index in [-0.39, 0.29) is 31.1 Å². The molecule has 6 heteroatoms. The van der Waals surface area contributed by atoms with Crippen LogP contribution < -0.4 is 0 Å². The first-order chi connectivity index (χ1) is 34.5. The summed E-state index contributed by atoms with van der Waals surface area (Å²) >= 11 is 0. The van der Waals surface area contributed by atoms with Crippen LogP contribution in [0.25, 0.3) is 0 Å². The van der Waals surface area contributed by atoms with Gasteiger partial charge in [-0.25, -0.2) is 0 Å². The lowest BCUT2D eigenvalue weighted by molar-refractivity contribution is -0.167. The summed E-state index contributed by atoms with van der Waals surface area (Å²) in [6.07, 6.45) is 81.6. The highest BCUT2D eigenvalue weighted by Crippen LogP contribution is 2.12. The molecule has 0 spiro atoms. The van der Waals surface area contributed by atoms with Crippen LogP contribution in [-0.2, 0) is 28.6 Å². The number of hydrogen-bond donors (Lipinski definition) is 0. The summed E-state index contributed by atoms with van der Waals surface area (Å²) in [6, 6.07) is 0. The summed E-state index contributed by atoms with van der Waals surface area (Å²) in [6.45, 7) is 6.32. The maximum absolute atomic E-state index is 12.7. The summed E-state index contributed by atoms with van der Waals surface area (Å²) < 4.78 is 16.6. The minimum Gasteiger partial charge on any atom is -0.462 e. The van der Waals surface area contributed by atoms with Crippen LogP contribution in [-0.4, -0.2) is 37.2 Å². The Labute approximate surface area is 429 Å². The Morgan fingerprint density at radius 1 is 0.300 bits per heavy atom. The van der Waals surface area contributed by atoms with Gasteiger partial charge in [0.2, 0.25) is 0 Å². The van der Waals surface area contributed by atoms with E-state index in [1.807, 2.05) is 0 Å². The van der Waals surface area contributed by atoms with Gasteiger partial charge in [0.25, 0.3) is 0 Å². The molecule has 0 aromatic heterocycles. The summed E-state index contributed by atoms with van der Waals surface area (Å²) in [5.74, 6) is -0.984. The number of ether oxygens (including phenoxy) is 3. The molecule has 1 unspecified atom stereocenters. The van der Waals surface area contributed by atoms with Crippen LogP contribution in [0.2, 0.25) is 0 Å². The van der Waals surface area contributed by atoms with E-state index in [9.17, 15) is 14.4 Å². The second-order valence-electron chi connectivity index (χ2n) is 17.8. The molecule has 0 aliphatic heterocycles. The van der Waals surface area contributed by atoms with Crippen LogP contribution in [0.15, 0.2) is 146 Å². The van der Waals surface area contributed by atoms with Crippen molar-refractivity contribution in [3.8, 4) is 0 Å². The van der Waals surface area contributed by atoms with Crippen molar-refractivity contribution in [1.82, 2.24) is 0 Å². The maximum Gasteiger partial charge on any atom is 0.306 e. The van der Waals surface area contributed by atoms with Gasteiger partial charge in [0.05, 0.1) is 0 Å². The summed E-state index contributed by atoms with van der Waals surface area (Å²) in [4.78, 5) is 37.7. The zero-order chi connectivity index (χ0) is 50.7. The van der Waals surface area contributed by atoms with Crippen LogP contribution in [0.4, 0.5) is 0 Å². The normalized spacial score (nSPS) is 13.2. The Morgan fingerprint density at radius 2 is 0.586 bits per heavy atom. The molecule has 0 amide bonds. The molecule has 0 rings (SSSR count). The largest absolute Gasteiger partial charge is 0.462 e. The first-order valence-electron chi connectivity index (χ1n) is 27.8. The van der Waals surface area contributed by atoms with Gasteiger partial charge in [-0.15, -0.1) is 0 Å². The maximum atomic E-state index is 12.7. The molecule has 0 heterocycles. The molecule has 0 aliphatic carbocycles. The van der Waals surface area contributed by atoms with E-state index in [1.54, 1.807) is 0 Å². The van der Waals surface area contributed by atoms with Crippen molar-refractivity contribution in [3.05, 3.63) is 146 Å². The second kappa shape index (κ2) is 56.9. The van der Waals surface area contributed by atoms with E-state index in [1.165, 1.54) is 25.7 Å². The number of carbonyl (C=O) groups excluding carboxylic acids is 3. The number of allylic oxidation sites excluding steroid dienone is 24. The van der Waals surface area contributed by atoms with Crippen LogP contribution >= 0.6 is 0 Å². The number of unbranched alkanes of at least 4 members (excludes halogenated alkanes) is 13. The highest BCUT2D eigenvalue weighted by molar-refractivity contribution is 5.71. The molecule has 0 bridgehead atoms. The third-order valence-electron chi connectivity index (χ3n) is 11.1. The van der Waals surface area contributed by atoms with Crippen molar-refractivity contribution in [2.75, 3.05) is 13.2 Å². The van der Waals surface area contributed by atoms with Gasteiger partial charge in [0.15, 0.2) is 6.10 Å². The van der Waals surface area contributed by atoms with Crippen LogP contribution in [0.3, 0.4) is 0 Å². The van der Waals surface area contributed by atoms with Gasteiger partial charge in [-0.05, 0) is 122 Å². The van der Waals surface area contributed by atoms with E-state index in [4.69, 9.17) is 14.2 Å². The highest BCUT2D eigenvalue weighted by Gasteiger charge is 2.19. The minimum absolute atomic E-state index is 0.102. The molecule has 6 nitrogen and oxygen atoms in total. The third-order valence-corrected chi connectivity index (χ3v) is 11.1. The highest BCUT2D eigenvalue weighted by atomic mass is 16.6. The molecular weight excluding hydrogens is 865 g/mol. The number of rotatable bonds is 48. The molecule has 392 valence electrons. The lowest BCUT2D eigenvalue weighted by Gasteiger charge is -2.18. The van der Waals surface area contributed by atoms with Crippen molar-refractivity contribution in [3.63, 3.8) is 0 Å². The van der Waals surface area contributed by atoms with Gasteiger partial charge >= 0.3 is 17.9 Å². The van der Waals surface area contributed by atoms with Gasteiger partial charge in [-0.3, -0.25) is 14.4 Å². The van der Waals surface area contributed by atoms with Gasteiger partial charge in [-0.1, -0.05) is 224 Å². The van der Waals surface area contributed by atoms with Crippen LogP contribution in [0.1, 0.15) is 220 Å². The van der Waals surface area contributed by atoms with Crippen molar-refractivity contribution >= 4 is 17.9 Å². The van der Waals surface area contributed by atoms with Crippen LogP contribution in [0, 0.1) is 0 Å². The Hall–Kier alpha value is -4.71. The zero-order valence-corrected chi connectivity index (χ0v) is 44.7. The van der Waals surface area contributed by atoms with Crippen LogP contribution in [0.5, 0.6) is 0 Å². The first kappa shape index (κ1) is 65.3. The van der Waals surface area contributed by atoms with Gasteiger partial charge in [-0.2, -0.15) is 0 Å². The monoisotopic (exact) mass is 965 g/mol. The molecule has 0 aromatic carbocycles. The molecule has 1 atom stereocenters. The molecule has 70 heavy (non-hydrogen) atoms. The lowest BCUT2D eigenvalue weighted by Crippen LogP contribution is -2.30. The topological polar surface area (TPSA) is 78.9 Å². The van der Waals surface area contributed by atoms with E-state index in [0.717, 1.165) is 148 Å². The zero-order valence-electron chi connectivity index (χ0n) is 44.7. The van der Waals surface area contributed by atoms with Gasteiger partial charge < -0.3 is 14.2 Å². The Bertz CT molecular complexity index is 1580. The fourth-order valence-electron chi connectivity index (χ4n) is 6.92. The quantitative estimate of drug-likeness (QED) is 0.0262. The molecule has 0 N–H and O–H groups in total. The van der Waals surface area contributed by atoms with E-state index in [2.05, 4.69) is 167 Å². The second-order valence-corrected chi connectivity index (χ2v) is 17.8. The molecule has 0 saturated carbocycles. The van der Waals surface area contributed by atoms with E-state index >= 15 is 0 Å². The summed E-state index contributed by atoms with van der Waals surface area (Å²) in [7, 11) is 0. The number of esters is 3. The van der Waals surface area contributed by atoms with Gasteiger partial charge in [0, 0.05) is 19.3 Å². The SMILES string of the molecule is CC/C=C\C/C=C\C/C=C\C/C=C\C/C=C\C/C=C\C/C=C\C/C=C\C/C=C\C/C=C\CCCCC(=O)OCC(COC(=O)CCCCCCCC)OC(=O)CCCCCCC/C=C\C/C=C\CCC. The standard InChI is InChI=1S/C64H100O6/c1-4-7-10-13-16-18-20-22-23-24-25-26-27-28-29-30-31-32-33-34-35-36-37-38-39-40-41-43-44-46-48-51-54-57-63(66)69-60-61(59-68-62(65)56-53-50-15-12-9-6-3)70-64(67)58-55-52-49-47-45-42-21-19-17-14-11-8-5-2/h7,10-11,14,16,18-19,21-23,25-26,28-29,31-32,34-35,37-38,40-41,44,46,61H,4-6,8-9,12-13,15,17,20,24,27,30,33,36,39,42-43,45,47-60H2,1-3H3/b10-7-,14-11-,18-16-,21-19-,23-22-,26-25-,29-28-,32-31-,35-34-,38-37-,41-40-,46-44-. The van der Waals surface area contributed by atoms with Gasteiger partial charge in [0.1, 0.15) is 13.2 Å². The Kier molecular flexibility index (Phi) is 53.0. The van der Waals surface area contributed by atoms with E-state index < -0.39 is 6.10 Å². The molecule has 0 saturated heterocycles. The first-order valence-corrected chi connectivity index (χ1v) is 27.8. The Balaban J connectivity index is 4.23. The minimum atomic E-state index is -0.804. The average Bonchev–Trinajstić information content (AvgIpc) is 3.36. The average molecular weight is 965 g/mol. The smallest absolute Gasteiger partial charge is 0.306 e. The molecule has 0 radical (unpaired) electrons. The van der Waals surface area contributed by atoms with Crippen molar-refractivity contribution < 1.29 is 28.6 Å². The third kappa shape index (κ3) is 54.2. The van der Waals surface area contributed by atoms with Crippen molar-refractivity contribution in [1.29, 1.82) is 0 Å². The fourth-order valence-corrected chi connectivity index (χ4v) is 6.92. The number of carbonyl (C=O) groups is 3. The summed E-state index contributed by atoms with van der Waals surface area (Å²) in [5, 5.41) is 0. The van der Waals surface area contributed by atoms with E-state index in [0.29, 0.717) is 25.7 Å². The summed E-state index contributed by atoms with van der Waals surface area (Å²) in [5.41, 5.74) is 0. The van der Waals surface area contributed by atoms with Crippen molar-refractivity contribution in [2.45, 2.75) is 226 Å². The fraction of sp³-hybridized carbons (Fsp3) is 0.578. The lowest BCUT2D eigenvalue weighted by atomic mass is 10.1.